The zero-order chi connectivity index (χ0) is 14.5. The Hall–Kier alpha value is -0.840. The van der Waals surface area contributed by atoms with Crippen molar-refractivity contribution in [2.24, 2.45) is 0 Å². The van der Waals surface area contributed by atoms with Gasteiger partial charge in [0.05, 0.1) is 5.02 Å². The van der Waals surface area contributed by atoms with Gasteiger partial charge >= 0.3 is 0 Å². The Morgan fingerprint density at radius 3 is 2.80 bits per heavy atom. The molecule has 2 aromatic rings. The lowest BCUT2D eigenvalue weighted by atomic mass is 10.2. The van der Waals surface area contributed by atoms with Gasteiger partial charge in [0.15, 0.2) is 0 Å². The summed E-state index contributed by atoms with van der Waals surface area (Å²) in [6.07, 6.45) is 6.11. The zero-order valence-electron chi connectivity index (χ0n) is 12.3. The highest BCUT2D eigenvalue weighted by Crippen LogP contribution is 2.35. The summed E-state index contributed by atoms with van der Waals surface area (Å²) in [5.74, 6) is 1.06. The van der Waals surface area contributed by atoms with E-state index in [-0.39, 0.29) is 6.04 Å². The molecule has 0 bridgehead atoms. The van der Waals surface area contributed by atoms with Gasteiger partial charge in [-0.05, 0) is 37.3 Å². The van der Waals surface area contributed by atoms with E-state index in [1.54, 1.807) is 11.3 Å². The first-order valence-electron chi connectivity index (χ1n) is 7.16. The van der Waals surface area contributed by atoms with E-state index in [0.717, 1.165) is 42.3 Å². The van der Waals surface area contributed by atoms with Crippen molar-refractivity contribution in [1.29, 1.82) is 0 Å². The maximum absolute atomic E-state index is 6.46. The fourth-order valence-electron chi connectivity index (χ4n) is 2.25. The topological polar surface area (TPSA) is 29.9 Å². The second-order valence-corrected chi connectivity index (χ2v) is 6.25. The van der Waals surface area contributed by atoms with Gasteiger partial charge in [0.25, 0.3) is 0 Å². The Labute approximate surface area is 130 Å². The summed E-state index contributed by atoms with van der Waals surface area (Å²) >= 11 is 8.17. The van der Waals surface area contributed by atoms with Gasteiger partial charge < -0.3 is 9.88 Å². The summed E-state index contributed by atoms with van der Waals surface area (Å²) in [4.78, 5) is 5.73. The summed E-state index contributed by atoms with van der Waals surface area (Å²) in [7, 11) is 0. The number of aryl methyl sites for hydroxylation is 2. The van der Waals surface area contributed by atoms with Crippen molar-refractivity contribution in [2.45, 2.75) is 46.2 Å². The van der Waals surface area contributed by atoms with Crippen LogP contribution in [0, 0.1) is 6.92 Å². The molecule has 0 radical (unpaired) electrons. The van der Waals surface area contributed by atoms with Crippen LogP contribution >= 0.6 is 22.9 Å². The smallest absolute Gasteiger partial charge is 0.131 e. The quantitative estimate of drug-likeness (QED) is 0.821. The molecule has 0 fully saturated rings. The number of hydrogen-bond acceptors (Lipinski definition) is 3. The minimum absolute atomic E-state index is 0.0858. The molecule has 0 amide bonds. The van der Waals surface area contributed by atoms with Crippen molar-refractivity contribution in [3.8, 4) is 0 Å². The van der Waals surface area contributed by atoms with Gasteiger partial charge in [0.2, 0.25) is 0 Å². The molecule has 2 rings (SSSR count). The molecule has 5 heteroatoms. The van der Waals surface area contributed by atoms with Crippen LogP contribution in [0.4, 0.5) is 0 Å². The van der Waals surface area contributed by atoms with Gasteiger partial charge in [-0.3, -0.25) is 0 Å². The summed E-state index contributed by atoms with van der Waals surface area (Å²) < 4.78 is 2.22. The fourth-order valence-corrected chi connectivity index (χ4v) is 3.62. The molecule has 20 heavy (non-hydrogen) atoms. The first-order valence-corrected chi connectivity index (χ1v) is 8.42. The van der Waals surface area contributed by atoms with Gasteiger partial charge in [0, 0.05) is 23.8 Å². The molecular formula is C15H22ClN3S. The highest BCUT2D eigenvalue weighted by atomic mass is 35.5. The molecule has 0 saturated carbocycles. The lowest BCUT2D eigenvalue weighted by molar-refractivity contribution is 0.535. The summed E-state index contributed by atoms with van der Waals surface area (Å²) in [6, 6.07) is 0.0858. The molecule has 1 atom stereocenters. The minimum atomic E-state index is 0.0858. The van der Waals surface area contributed by atoms with E-state index in [1.807, 2.05) is 12.4 Å². The molecule has 110 valence electrons. The van der Waals surface area contributed by atoms with Crippen LogP contribution in [0.3, 0.4) is 0 Å². The van der Waals surface area contributed by atoms with Crippen molar-refractivity contribution in [3.05, 3.63) is 39.1 Å². The first kappa shape index (κ1) is 15.5. The summed E-state index contributed by atoms with van der Waals surface area (Å²) in [5, 5.41) is 6.57. The van der Waals surface area contributed by atoms with E-state index >= 15 is 0 Å². The SMILES string of the molecule is CCCNC(c1scc(C)c1Cl)c1nccn1CCC. The number of rotatable bonds is 7. The Bertz CT molecular complexity index is 547. The lowest BCUT2D eigenvalue weighted by Gasteiger charge is -2.19. The Morgan fingerprint density at radius 1 is 1.40 bits per heavy atom. The Kier molecular flexibility index (Phi) is 5.64. The Balaban J connectivity index is 2.36. The minimum Gasteiger partial charge on any atom is -0.333 e. The zero-order valence-corrected chi connectivity index (χ0v) is 13.9. The normalized spacial score (nSPS) is 12.8. The molecule has 1 unspecified atom stereocenters. The highest BCUT2D eigenvalue weighted by molar-refractivity contribution is 7.10. The number of thiophene rings is 1. The number of nitrogens with one attached hydrogen (secondary N) is 1. The van der Waals surface area contributed by atoms with Gasteiger partial charge in [-0.15, -0.1) is 11.3 Å². The maximum Gasteiger partial charge on any atom is 0.131 e. The first-order chi connectivity index (χ1) is 9.69. The van der Waals surface area contributed by atoms with Crippen LogP contribution < -0.4 is 5.32 Å². The largest absolute Gasteiger partial charge is 0.333 e. The third kappa shape index (κ3) is 3.25. The van der Waals surface area contributed by atoms with E-state index in [1.165, 1.54) is 4.88 Å². The molecule has 0 spiro atoms. The molecule has 0 aliphatic heterocycles. The van der Waals surface area contributed by atoms with Crippen molar-refractivity contribution in [3.63, 3.8) is 0 Å². The number of hydrogen-bond donors (Lipinski definition) is 1. The van der Waals surface area contributed by atoms with Gasteiger partial charge in [-0.2, -0.15) is 0 Å². The van der Waals surface area contributed by atoms with Crippen LogP contribution in [0.2, 0.25) is 5.02 Å². The van der Waals surface area contributed by atoms with Crippen molar-refractivity contribution in [1.82, 2.24) is 14.9 Å². The van der Waals surface area contributed by atoms with E-state index in [2.05, 4.69) is 41.0 Å². The average molecular weight is 312 g/mol. The molecule has 0 aromatic carbocycles. The molecular weight excluding hydrogens is 290 g/mol. The number of halogens is 1. The molecule has 0 aliphatic carbocycles. The standard InChI is InChI=1S/C15H22ClN3S/c1-4-6-17-13(14-12(16)11(3)10-20-14)15-18-7-9-19(15)8-5-2/h7,9-10,13,17H,4-6,8H2,1-3H3. The fraction of sp³-hybridized carbons (Fsp3) is 0.533. The van der Waals surface area contributed by atoms with Crippen molar-refractivity contribution in [2.75, 3.05) is 6.54 Å². The monoisotopic (exact) mass is 311 g/mol. The van der Waals surface area contributed by atoms with Crippen LogP contribution in [0.25, 0.3) is 0 Å². The van der Waals surface area contributed by atoms with Crippen LogP contribution in [-0.2, 0) is 6.54 Å². The van der Waals surface area contributed by atoms with Crippen LogP contribution in [0.5, 0.6) is 0 Å². The van der Waals surface area contributed by atoms with Crippen molar-refractivity contribution >= 4 is 22.9 Å². The van der Waals surface area contributed by atoms with Crippen LogP contribution in [0.15, 0.2) is 17.8 Å². The molecule has 0 saturated heterocycles. The summed E-state index contributed by atoms with van der Waals surface area (Å²) in [6.45, 7) is 8.35. The predicted molar refractivity (Wildman–Crippen MR) is 86.7 cm³/mol. The van der Waals surface area contributed by atoms with E-state index in [0.29, 0.717) is 0 Å². The number of aromatic nitrogens is 2. The van der Waals surface area contributed by atoms with Crippen molar-refractivity contribution < 1.29 is 0 Å². The molecule has 2 aromatic heterocycles. The van der Waals surface area contributed by atoms with Gasteiger partial charge in [-0.25, -0.2) is 4.98 Å². The van der Waals surface area contributed by atoms with Crippen LogP contribution in [-0.4, -0.2) is 16.1 Å². The third-order valence-electron chi connectivity index (χ3n) is 3.26. The number of imidazole rings is 1. The van der Waals surface area contributed by atoms with Gasteiger partial charge in [-0.1, -0.05) is 25.4 Å². The Morgan fingerprint density at radius 2 is 2.20 bits per heavy atom. The molecule has 3 nitrogen and oxygen atoms in total. The molecule has 0 aliphatic rings. The molecule has 2 heterocycles. The van der Waals surface area contributed by atoms with Gasteiger partial charge in [0.1, 0.15) is 11.9 Å². The van der Waals surface area contributed by atoms with E-state index in [4.69, 9.17) is 11.6 Å². The summed E-state index contributed by atoms with van der Waals surface area (Å²) in [5.41, 5.74) is 1.14. The lowest BCUT2D eigenvalue weighted by Crippen LogP contribution is -2.26. The average Bonchev–Trinajstić information content (AvgIpc) is 3.02. The van der Waals surface area contributed by atoms with E-state index < -0.39 is 0 Å². The number of nitrogens with zero attached hydrogens (tertiary/aromatic N) is 2. The molecule has 1 N–H and O–H groups in total. The maximum atomic E-state index is 6.46. The highest BCUT2D eigenvalue weighted by Gasteiger charge is 2.23. The predicted octanol–water partition coefficient (Wildman–Crippen LogP) is 4.41. The van der Waals surface area contributed by atoms with E-state index in [9.17, 15) is 0 Å². The second kappa shape index (κ2) is 7.25. The second-order valence-electron chi connectivity index (χ2n) is 4.96. The third-order valence-corrected chi connectivity index (χ3v) is 5.04. The van der Waals surface area contributed by atoms with Crippen LogP contribution in [0.1, 0.15) is 49.0 Å².